The number of hydrogen-bond donors (Lipinski definition) is 3. The van der Waals surface area contributed by atoms with Crippen LogP contribution in [-0.2, 0) is 4.79 Å². The Morgan fingerprint density at radius 3 is 2.52 bits per heavy atom. The fourth-order valence-electron chi connectivity index (χ4n) is 2.71. The Balaban J connectivity index is 1.83. The van der Waals surface area contributed by atoms with Gasteiger partial charge in [0.2, 0.25) is 5.91 Å². The van der Waals surface area contributed by atoms with Gasteiger partial charge in [0.25, 0.3) is 0 Å². The lowest BCUT2D eigenvalue weighted by Gasteiger charge is -2.38. The second kappa shape index (κ2) is 7.00. The third-order valence-electron chi connectivity index (χ3n) is 4.29. The molecule has 0 unspecified atom stereocenters. The minimum absolute atomic E-state index is 0.0452. The molecule has 1 aromatic rings. The van der Waals surface area contributed by atoms with Gasteiger partial charge in [-0.2, -0.15) is 0 Å². The van der Waals surface area contributed by atoms with Gasteiger partial charge in [0.15, 0.2) is 0 Å². The largest absolute Gasteiger partial charge is 0.394 e. The lowest BCUT2D eigenvalue weighted by Crippen LogP contribution is -2.53. The quantitative estimate of drug-likeness (QED) is 0.781. The fraction of sp³-hybridized carbons (Fsp3) is 0.562. The lowest BCUT2D eigenvalue weighted by molar-refractivity contribution is -0.116. The summed E-state index contributed by atoms with van der Waals surface area (Å²) in [7, 11) is 0. The highest BCUT2D eigenvalue weighted by molar-refractivity contribution is 5.92. The van der Waals surface area contributed by atoms with Crippen LogP contribution in [0, 0.1) is 11.7 Å². The topological polar surface area (TPSA) is 61.4 Å². The Morgan fingerprint density at radius 1 is 1.33 bits per heavy atom. The Bertz CT molecular complexity index is 468. The number of nitrogens with one attached hydrogen (secondary N) is 2. The van der Waals surface area contributed by atoms with Crippen molar-refractivity contribution in [1.82, 2.24) is 5.32 Å². The van der Waals surface area contributed by atoms with E-state index in [0.717, 1.165) is 25.7 Å². The zero-order valence-corrected chi connectivity index (χ0v) is 12.4. The standard InChI is InChI=1S/C16H23FN2O2/c1-12-6-8-16(11-20,9-7-12)18-10-15(21)19-14-4-2-13(17)3-5-14/h2-5,12,18,20H,6-11H2,1H3,(H,19,21). The van der Waals surface area contributed by atoms with E-state index in [-0.39, 0.29) is 30.4 Å². The van der Waals surface area contributed by atoms with Crippen molar-refractivity contribution in [2.45, 2.75) is 38.1 Å². The van der Waals surface area contributed by atoms with Crippen LogP contribution in [0.25, 0.3) is 0 Å². The molecule has 2 rings (SSSR count). The summed E-state index contributed by atoms with van der Waals surface area (Å²) >= 11 is 0. The molecule has 1 saturated carbocycles. The van der Waals surface area contributed by atoms with Gasteiger partial charge >= 0.3 is 0 Å². The van der Waals surface area contributed by atoms with Crippen LogP contribution in [0.15, 0.2) is 24.3 Å². The van der Waals surface area contributed by atoms with Crippen LogP contribution in [0.3, 0.4) is 0 Å². The predicted molar refractivity (Wildman–Crippen MR) is 80.5 cm³/mol. The summed E-state index contributed by atoms with van der Waals surface area (Å²) in [5.41, 5.74) is 0.227. The zero-order valence-electron chi connectivity index (χ0n) is 12.4. The van der Waals surface area contributed by atoms with Crippen LogP contribution in [0.2, 0.25) is 0 Å². The molecule has 4 nitrogen and oxygen atoms in total. The molecule has 0 spiro atoms. The number of benzene rings is 1. The summed E-state index contributed by atoms with van der Waals surface area (Å²) in [5.74, 6) is 0.161. The fourth-order valence-corrected chi connectivity index (χ4v) is 2.71. The summed E-state index contributed by atoms with van der Waals surface area (Å²) in [6.07, 6.45) is 3.89. The van der Waals surface area contributed by atoms with Crippen molar-refractivity contribution in [1.29, 1.82) is 0 Å². The highest BCUT2D eigenvalue weighted by Crippen LogP contribution is 2.31. The van der Waals surface area contributed by atoms with Crippen molar-refractivity contribution in [2.24, 2.45) is 5.92 Å². The van der Waals surface area contributed by atoms with Gasteiger partial charge in [-0.15, -0.1) is 0 Å². The molecule has 3 N–H and O–H groups in total. The van der Waals surface area contributed by atoms with Gasteiger partial charge in [0, 0.05) is 11.2 Å². The molecule has 1 aromatic carbocycles. The molecule has 0 bridgehead atoms. The maximum atomic E-state index is 12.8. The van der Waals surface area contributed by atoms with E-state index in [2.05, 4.69) is 17.6 Å². The molecule has 5 heteroatoms. The maximum absolute atomic E-state index is 12.8. The van der Waals surface area contributed by atoms with Crippen LogP contribution >= 0.6 is 0 Å². The van der Waals surface area contributed by atoms with Gasteiger partial charge in [-0.05, 0) is 55.9 Å². The molecule has 1 aliphatic carbocycles. The smallest absolute Gasteiger partial charge is 0.238 e. The van der Waals surface area contributed by atoms with Crippen LogP contribution in [-0.4, -0.2) is 29.7 Å². The Labute approximate surface area is 124 Å². The van der Waals surface area contributed by atoms with E-state index >= 15 is 0 Å². The maximum Gasteiger partial charge on any atom is 0.238 e. The Hall–Kier alpha value is -1.46. The molecule has 0 radical (unpaired) electrons. The van der Waals surface area contributed by atoms with Gasteiger partial charge in [0.1, 0.15) is 5.82 Å². The van der Waals surface area contributed by atoms with Gasteiger partial charge < -0.3 is 15.7 Å². The molecule has 0 heterocycles. The minimum atomic E-state index is -0.341. The van der Waals surface area contributed by atoms with Crippen molar-refractivity contribution in [3.8, 4) is 0 Å². The molecule has 0 aromatic heterocycles. The zero-order chi connectivity index (χ0) is 15.3. The van der Waals surface area contributed by atoms with E-state index in [0.29, 0.717) is 11.6 Å². The molecule has 116 valence electrons. The molecule has 1 amide bonds. The van der Waals surface area contributed by atoms with Crippen LogP contribution in [0.1, 0.15) is 32.6 Å². The average Bonchev–Trinajstić information content (AvgIpc) is 2.50. The predicted octanol–water partition coefficient (Wildman–Crippen LogP) is 2.29. The molecule has 0 saturated heterocycles. The highest BCUT2D eigenvalue weighted by Gasteiger charge is 2.33. The van der Waals surface area contributed by atoms with Crippen molar-refractivity contribution in [2.75, 3.05) is 18.5 Å². The second-order valence-electron chi connectivity index (χ2n) is 6.03. The van der Waals surface area contributed by atoms with Gasteiger partial charge in [-0.1, -0.05) is 6.92 Å². The first-order valence-corrected chi connectivity index (χ1v) is 7.44. The Kier molecular flexibility index (Phi) is 5.31. The van der Waals surface area contributed by atoms with E-state index in [1.54, 1.807) is 0 Å². The normalized spacial score (nSPS) is 25.6. The van der Waals surface area contributed by atoms with E-state index in [1.807, 2.05) is 0 Å². The molecular weight excluding hydrogens is 271 g/mol. The van der Waals surface area contributed by atoms with Gasteiger partial charge in [-0.3, -0.25) is 4.79 Å². The van der Waals surface area contributed by atoms with E-state index in [4.69, 9.17) is 0 Å². The van der Waals surface area contributed by atoms with Crippen molar-refractivity contribution in [3.05, 3.63) is 30.1 Å². The third kappa shape index (κ3) is 4.51. The SMILES string of the molecule is CC1CCC(CO)(NCC(=O)Nc2ccc(F)cc2)CC1. The molecule has 21 heavy (non-hydrogen) atoms. The number of amides is 1. The molecule has 0 aliphatic heterocycles. The van der Waals surface area contributed by atoms with Crippen LogP contribution < -0.4 is 10.6 Å². The summed E-state index contributed by atoms with van der Waals surface area (Å²) < 4.78 is 12.8. The number of hydrogen-bond acceptors (Lipinski definition) is 3. The number of halogens is 1. The highest BCUT2D eigenvalue weighted by atomic mass is 19.1. The van der Waals surface area contributed by atoms with E-state index in [9.17, 15) is 14.3 Å². The monoisotopic (exact) mass is 294 g/mol. The number of anilines is 1. The lowest BCUT2D eigenvalue weighted by atomic mass is 9.77. The number of aliphatic hydroxyl groups excluding tert-OH is 1. The van der Waals surface area contributed by atoms with Crippen LogP contribution in [0.5, 0.6) is 0 Å². The van der Waals surface area contributed by atoms with Gasteiger partial charge in [-0.25, -0.2) is 4.39 Å². The van der Waals surface area contributed by atoms with Crippen molar-refractivity contribution >= 4 is 11.6 Å². The number of carbonyl (C=O) groups excluding carboxylic acids is 1. The van der Waals surface area contributed by atoms with Crippen LogP contribution in [0.4, 0.5) is 10.1 Å². The van der Waals surface area contributed by atoms with Gasteiger partial charge in [0.05, 0.1) is 13.2 Å². The Morgan fingerprint density at radius 2 is 1.95 bits per heavy atom. The van der Waals surface area contributed by atoms with E-state index < -0.39 is 0 Å². The summed E-state index contributed by atoms with van der Waals surface area (Å²) in [6, 6.07) is 5.66. The number of carbonyl (C=O) groups is 1. The molecule has 1 fully saturated rings. The van der Waals surface area contributed by atoms with E-state index in [1.165, 1.54) is 24.3 Å². The molecule has 1 aliphatic rings. The van der Waals surface area contributed by atoms with Crippen molar-refractivity contribution < 1.29 is 14.3 Å². The molecule has 0 atom stereocenters. The first kappa shape index (κ1) is 15.9. The summed E-state index contributed by atoms with van der Waals surface area (Å²) in [6.45, 7) is 2.40. The minimum Gasteiger partial charge on any atom is -0.394 e. The summed E-state index contributed by atoms with van der Waals surface area (Å²) in [4.78, 5) is 11.9. The van der Waals surface area contributed by atoms with Crippen molar-refractivity contribution in [3.63, 3.8) is 0 Å². The first-order valence-electron chi connectivity index (χ1n) is 7.44. The third-order valence-corrected chi connectivity index (χ3v) is 4.29. The second-order valence-corrected chi connectivity index (χ2v) is 6.03. The summed E-state index contributed by atoms with van der Waals surface area (Å²) in [5, 5.41) is 15.5. The number of rotatable bonds is 5. The molecular formula is C16H23FN2O2. The number of aliphatic hydroxyl groups is 1. The average molecular weight is 294 g/mol. The first-order chi connectivity index (χ1) is 10.0.